The van der Waals surface area contributed by atoms with Crippen LogP contribution in [0.4, 0.5) is 0 Å². The molecule has 1 aromatic heterocycles. The first kappa shape index (κ1) is 17.0. The smallest absolute Gasteiger partial charge is 0.235 e. The first-order chi connectivity index (χ1) is 11.9. The largest absolute Gasteiger partial charge is 0.546 e. The third-order valence-electron chi connectivity index (χ3n) is 3.38. The Morgan fingerprint density at radius 2 is 1.84 bits per heavy atom. The zero-order valence-electron chi connectivity index (χ0n) is 13.1. The molecule has 3 rings (SSSR count). The van der Waals surface area contributed by atoms with Crippen molar-refractivity contribution in [2.24, 2.45) is 0 Å². The van der Waals surface area contributed by atoms with Gasteiger partial charge in [0.25, 0.3) is 0 Å². The van der Waals surface area contributed by atoms with E-state index in [9.17, 15) is 14.7 Å². The van der Waals surface area contributed by atoms with Gasteiger partial charge in [-0.1, -0.05) is 15.9 Å². The molecular weight excluding hydrogens is 392 g/mol. The van der Waals surface area contributed by atoms with Crippen molar-refractivity contribution < 1.29 is 23.8 Å². The molecule has 7 heteroatoms. The molecule has 3 aromatic rings. The number of carbonyl (C=O) groups is 1. The highest BCUT2D eigenvalue weighted by atomic mass is 79.9. The van der Waals surface area contributed by atoms with Gasteiger partial charge in [-0.25, -0.2) is 0 Å². The van der Waals surface area contributed by atoms with Crippen molar-refractivity contribution in [1.29, 1.82) is 0 Å². The molecule has 0 aliphatic heterocycles. The number of aliphatic carboxylic acids is 1. The molecule has 0 aliphatic carbocycles. The Hall–Kier alpha value is -2.80. The average molecular weight is 404 g/mol. The molecular formula is C18H12BrO6-. The fourth-order valence-corrected chi connectivity index (χ4v) is 2.50. The zero-order valence-corrected chi connectivity index (χ0v) is 14.7. The van der Waals surface area contributed by atoms with Crippen LogP contribution in [0.3, 0.4) is 0 Å². The van der Waals surface area contributed by atoms with Crippen molar-refractivity contribution >= 4 is 32.9 Å². The van der Waals surface area contributed by atoms with Crippen LogP contribution in [0.1, 0.15) is 5.76 Å². The highest BCUT2D eigenvalue weighted by Crippen LogP contribution is 2.28. The van der Waals surface area contributed by atoms with E-state index in [2.05, 4.69) is 15.9 Å². The number of hydrogen-bond acceptors (Lipinski definition) is 6. The third kappa shape index (κ3) is 3.83. The van der Waals surface area contributed by atoms with Crippen LogP contribution in [-0.2, 0) is 4.79 Å². The van der Waals surface area contributed by atoms with Gasteiger partial charge in [-0.15, -0.1) is 0 Å². The number of carbonyl (C=O) groups excluding carboxylic acids is 1. The van der Waals surface area contributed by atoms with Crippen LogP contribution in [0.2, 0.25) is 0 Å². The van der Waals surface area contributed by atoms with Crippen LogP contribution in [-0.4, -0.2) is 12.6 Å². The maximum atomic E-state index is 12.7. The topological polar surface area (TPSA) is 88.8 Å². The van der Waals surface area contributed by atoms with Gasteiger partial charge in [-0.05, 0) is 43.3 Å². The second kappa shape index (κ2) is 6.98. The van der Waals surface area contributed by atoms with E-state index in [1.165, 1.54) is 18.2 Å². The van der Waals surface area contributed by atoms with E-state index in [0.29, 0.717) is 16.9 Å². The minimum absolute atomic E-state index is 0.0956. The van der Waals surface area contributed by atoms with E-state index in [0.717, 1.165) is 4.47 Å². The van der Waals surface area contributed by atoms with Gasteiger partial charge in [0.2, 0.25) is 11.2 Å². The molecule has 0 fully saturated rings. The molecule has 1 heterocycles. The molecule has 6 nitrogen and oxygen atoms in total. The van der Waals surface area contributed by atoms with Gasteiger partial charge in [0.1, 0.15) is 29.4 Å². The lowest BCUT2D eigenvalue weighted by molar-refractivity contribution is -0.307. The maximum Gasteiger partial charge on any atom is 0.235 e. The standard InChI is InChI=1S/C18H13BrO6/c1-10-18(25-12-4-2-11(19)3-5-12)17(22)14-7-6-13(8-15(14)24-10)23-9-16(20)21/h2-8H,9H2,1H3,(H,20,21)/p-1. The molecule has 0 saturated heterocycles. The molecule has 0 radical (unpaired) electrons. The number of hydrogen-bond donors (Lipinski definition) is 0. The molecule has 0 saturated carbocycles. The Labute approximate surface area is 150 Å². The Morgan fingerprint density at radius 3 is 2.52 bits per heavy atom. The lowest BCUT2D eigenvalue weighted by Gasteiger charge is -2.10. The molecule has 0 unspecified atom stereocenters. The average Bonchev–Trinajstić information content (AvgIpc) is 2.58. The van der Waals surface area contributed by atoms with Gasteiger partial charge >= 0.3 is 0 Å². The molecule has 0 atom stereocenters. The number of ether oxygens (including phenoxy) is 2. The minimum Gasteiger partial charge on any atom is -0.546 e. The Balaban J connectivity index is 1.98. The van der Waals surface area contributed by atoms with E-state index < -0.39 is 12.6 Å². The Morgan fingerprint density at radius 1 is 1.16 bits per heavy atom. The summed E-state index contributed by atoms with van der Waals surface area (Å²) in [7, 11) is 0. The lowest BCUT2D eigenvalue weighted by atomic mass is 10.2. The van der Waals surface area contributed by atoms with Gasteiger partial charge in [0, 0.05) is 10.5 Å². The molecule has 0 amide bonds. The lowest BCUT2D eigenvalue weighted by Crippen LogP contribution is -2.28. The van der Waals surface area contributed by atoms with Crippen molar-refractivity contribution in [2.45, 2.75) is 6.92 Å². The predicted molar refractivity (Wildman–Crippen MR) is 91.9 cm³/mol. The van der Waals surface area contributed by atoms with Crippen LogP contribution >= 0.6 is 15.9 Å². The van der Waals surface area contributed by atoms with E-state index in [1.807, 2.05) is 0 Å². The van der Waals surface area contributed by atoms with Gasteiger partial charge in [-0.2, -0.15) is 0 Å². The number of rotatable bonds is 5. The number of aryl methyl sites for hydroxylation is 1. The van der Waals surface area contributed by atoms with Gasteiger partial charge in [-0.3, -0.25) is 4.79 Å². The molecule has 0 bridgehead atoms. The molecule has 128 valence electrons. The van der Waals surface area contributed by atoms with Crippen LogP contribution in [0.25, 0.3) is 11.0 Å². The van der Waals surface area contributed by atoms with Crippen molar-refractivity contribution in [2.75, 3.05) is 6.61 Å². The van der Waals surface area contributed by atoms with Crippen LogP contribution in [0.15, 0.2) is 56.1 Å². The second-order valence-electron chi connectivity index (χ2n) is 5.19. The number of carboxylic acids is 1. The molecule has 0 spiro atoms. The number of fused-ring (bicyclic) bond motifs is 1. The van der Waals surface area contributed by atoms with Crippen LogP contribution < -0.4 is 20.0 Å². The normalized spacial score (nSPS) is 10.6. The molecule has 25 heavy (non-hydrogen) atoms. The maximum absolute atomic E-state index is 12.7. The number of carboxylic acid groups (broad SMARTS) is 1. The zero-order chi connectivity index (χ0) is 18.0. The Bertz CT molecular complexity index is 991. The molecule has 0 aliphatic rings. The molecule has 0 N–H and O–H groups in total. The first-order valence-corrected chi connectivity index (χ1v) is 8.07. The fraction of sp³-hybridized carbons (Fsp3) is 0.111. The van der Waals surface area contributed by atoms with E-state index in [-0.39, 0.29) is 22.5 Å². The molecule has 2 aromatic carbocycles. The second-order valence-corrected chi connectivity index (χ2v) is 6.11. The summed E-state index contributed by atoms with van der Waals surface area (Å²) >= 11 is 3.33. The van der Waals surface area contributed by atoms with E-state index >= 15 is 0 Å². The van der Waals surface area contributed by atoms with Crippen molar-refractivity contribution in [3.05, 3.63) is 62.9 Å². The summed E-state index contributed by atoms with van der Waals surface area (Å²) in [6.45, 7) is 1.03. The van der Waals surface area contributed by atoms with Gasteiger partial charge in [0.15, 0.2) is 0 Å². The number of halogens is 1. The summed E-state index contributed by atoms with van der Waals surface area (Å²) in [4.78, 5) is 23.1. The van der Waals surface area contributed by atoms with Crippen molar-refractivity contribution in [3.8, 4) is 17.2 Å². The van der Waals surface area contributed by atoms with Gasteiger partial charge in [0.05, 0.1) is 11.4 Å². The van der Waals surface area contributed by atoms with Gasteiger partial charge < -0.3 is 23.8 Å². The monoisotopic (exact) mass is 403 g/mol. The summed E-state index contributed by atoms with van der Waals surface area (Å²) in [5.41, 5.74) is -0.0466. The number of benzene rings is 2. The van der Waals surface area contributed by atoms with E-state index in [1.54, 1.807) is 31.2 Å². The van der Waals surface area contributed by atoms with Crippen molar-refractivity contribution in [3.63, 3.8) is 0 Å². The summed E-state index contributed by atoms with van der Waals surface area (Å²) in [5.74, 6) is -0.167. The first-order valence-electron chi connectivity index (χ1n) is 7.27. The summed E-state index contributed by atoms with van der Waals surface area (Å²) in [5, 5.41) is 10.8. The Kier molecular flexibility index (Phi) is 4.76. The third-order valence-corrected chi connectivity index (χ3v) is 3.91. The highest BCUT2D eigenvalue weighted by Gasteiger charge is 2.14. The van der Waals surface area contributed by atoms with Crippen LogP contribution in [0, 0.1) is 6.92 Å². The van der Waals surface area contributed by atoms with Crippen molar-refractivity contribution in [1.82, 2.24) is 0 Å². The summed E-state index contributed by atoms with van der Waals surface area (Å²) < 4.78 is 17.2. The summed E-state index contributed by atoms with van der Waals surface area (Å²) in [6, 6.07) is 11.5. The quantitative estimate of drug-likeness (QED) is 0.650. The highest BCUT2D eigenvalue weighted by molar-refractivity contribution is 9.10. The predicted octanol–water partition coefficient (Wildman–Crippen LogP) is 2.78. The van der Waals surface area contributed by atoms with Crippen LogP contribution in [0.5, 0.6) is 17.2 Å². The summed E-state index contributed by atoms with van der Waals surface area (Å²) in [6.07, 6.45) is 0. The minimum atomic E-state index is -1.34. The SMILES string of the molecule is Cc1oc2cc(OCC(=O)[O-])ccc2c(=O)c1Oc1ccc(Br)cc1. The fourth-order valence-electron chi connectivity index (χ4n) is 2.24. The van der Waals surface area contributed by atoms with E-state index in [4.69, 9.17) is 13.9 Å².